The minimum absolute atomic E-state index is 0. The molecule has 22 heavy (non-hydrogen) atoms. The number of hydrogen-bond donors (Lipinski definition) is 1. The smallest absolute Gasteiger partial charge is 0.193 e. The fraction of sp³-hybridized carbons (Fsp3) is 0.929. The molecule has 0 amide bonds. The van der Waals surface area contributed by atoms with E-state index in [1.807, 2.05) is 18.9 Å². The lowest BCUT2D eigenvalue weighted by atomic mass is 10.5. The van der Waals surface area contributed by atoms with Gasteiger partial charge in [-0.3, -0.25) is 4.99 Å². The summed E-state index contributed by atoms with van der Waals surface area (Å²) in [5.41, 5.74) is 0. The van der Waals surface area contributed by atoms with Crippen LogP contribution in [0.5, 0.6) is 0 Å². The predicted molar refractivity (Wildman–Crippen MR) is 102 cm³/mol. The molecule has 0 heterocycles. The van der Waals surface area contributed by atoms with E-state index in [4.69, 9.17) is 4.74 Å². The second kappa shape index (κ2) is 11.4. The number of likely N-dealkylation sites (N-methyl/N-ethyl adjacent to an activating group) is 1. The molecule has 1 rings (SSSR count). The first-order valence-corrected chi connectivity index (χ1v) is 9.73. The van der Waals surface area contributed by atoms with Gasteiger partial charge in [0.15, 0.2) is 5.96 Å². The second-order valence-electron chi connectivity index (χ2n) is 5.66. The third kappa shape index (κ3) is 11.5. The van der Waals surface area contributed by atoms with E-state index in [1.165, 1.54) is 19.1 Å². The van der Waals surface area contributed by atoms with E-state index in [1.54, 1.807) is 0 Å². The summed E-state index contributed by atoms with van der Waals surface area (Å²) in [6.45, 7) is 5.67. The minimum atomic E-state index is -2.90. The van der Waals surface area contributed by atoms with Gasteiger partial charge in [0.1, 0.15) is 9.84 Å². The molecule has 0 unspecified atom stereocenters. The SMILES string of the molecule is CCNC(=NCCCS(C)(=O)=O)N(C)CCOCC1CC1.I. The summed E-state index contributed by atoms with van der Waals surface area (Å²) >= 11 is 0. The maximum Gasteiger partial charge on any atom is 0.193 e. The van der Waals surface area contributed by atoms with Crippen molar-refractivity contribution >= 4 is 39.8 Å². The van der Waals surface area contributed by atoms with Crippen LogP contribution in [-0.4, -0.2) is 71.2 Å². The van der Waals surface area contributed by atoms with Crippen LogP contribution in [0.1, 0.15) is 26.2 Å². The Hall–Kier alpha value is -0.0900. The Morgan fingerprint density at radius 3 is 2.64 bits per heavy atom. The van der Waals surface area contributed by atoms with Crippen molar-refractivity contribution in [2.45, 2.75) is 26.2 Å². The second-order valence-corrected chi connectivity index (χ2v) is 7.92. The summed E-state index contributed by atoms with van der Waals surface area (Å²) in [4.78, 5) is 6.48. The molecule has 0 bridgehead atoms. The van der Waals surface area contributed by atoms with Crippen LogP contribution in [0, 0.1) is 5.92 Å². The quantitative estimate of drug-likeness (QED) is 0.237. The van der Waals surface area contributed by atoms with E-state index >= 15 is 0 Å². The topological polar surface area (TPSA) is 71.0 Å². The van der Waals surface area contributed by atoms with E-state index in [-0.39, 0.29) is 29.7 Å². The molecule has 0 aromatic carbocycles. The lowest BCUT2D eigenvalue weighted by Gasteiger charge is -2.22. The highest BCUT2D eigenvalue weighted by molar-refractivity contribution is 14.0. The number of halogens is 1. The number of aliphatic imine (C=N–C) groups is 1. The zero-order valence-corrected chi connectivity index (χ0v) is 17.0. The molecule has 1 saturated carbocycles. The number of hydrogen-bond acceptors (Lipinski definition) is 4. The van der Waals surface area contributed by atoms with Crippen LogP contribution in [0.2, 0.25) is 0 Å². The van der Waals surface area contributed by atoms with Crippen LogP contribution < -0.4 is 5.32 Å². The van der Waals surface area contributed by atoms with Gasteiger partial charge in [-0.2, -0.15) is 0 Å². The molecule has 0 saturated heterocycles. The molecule has 0 aromatic rings. The molecule has 1 N–H and O–H groups in total. The molecule has 1 fully saturated rings. The molecule has 0 atom stereocenters. The average Bonchev–Trinajstić information content (AvgIpc) is 3.21. The van der Waals surface area contributed by atoms with Crippen LogP contribution in [0.3, 0.4) is 0 Å². The van der Waals surface area contributed by atoms with Gasteiger partial charge in [-0.05, 0) is 32.1 Å². The van der Waals surface area contributed by atoms with Crippen molar-refractivity contribution in [3.8, 4) is 0 Å². The van der Waals surface area contributed by atoms with E-state index in [0.29, 0.717) is 19.6 Å². The zero-order chi connectivity index (χ0) is 15.7. The Balaban J connectivity index is 0.00000441. The van der Waals surface area contributed by atoms with E-state index in [2.05, 4.69) is 10.3 Å². The molecule has 1 aliphatic rings. The van der Waals surface area contributed by atoms with Crippen LogP contribution in [-0.2, 0) is 14.6 Å². The van der Waals surface area contributed by atoms with Gasteiger partial charge in [0, 0.05) is 39.5 Å². The maximum atomic E-state index is 11.1. The summed E-state index contributed by atoms with van der Waals surface area (Å²) in [5.74, 6) is 1.78. The summed E-state index contributed by atoms with van der Waals surface area (Å²) in [6, 6.07) is 0. The number of rotatable bonds is 10. The summed E-state index contributed by atoms with van der Waals surface area (Å²) in [7, 11) is -0.927. The Kier molecular flexibility index (Phi) is 11.4. The first kappa shape index (κ1) is 21.9. The third-order valence-electron chi connectivity index (χ3n) is 3.25. The first-order chi connectivity index (χ1) is 9.92. The highest BCUT2D eigenvalue weighted by Crippen LogP contribution is 2.28. The number of guanidine groups is 1. The fourth-order valence-electron chi connectivity index (χ4n) is 1.82. The summed E-state index contributed by atoms with van der Waals surface area (Å²) in [5, 5.41) is 3.21. The number of ether oxygens (including phenoxy) is 1. The monoisotopic (exact) mass is 447 g/mol. The van der Waals surface area contributed by atoms with E-state index in [9.17, 15) is 8.42 Å². The fourth-order valence-corrected chi connectivity index (χ4v) is 2.48. The van der Waals surface area contributed by atoms with Gasteiger partial charge in [0.2, 0.25) is 0 Å². The van der Waals surface area contributed by atoms with Crippen molar-refractivity contribution in [3.05, 3.63) is 0 Å². The van der Waals surface area contributed by atoms with Crippen molar-refractivity contribution < 1.29 is 13.2 Å². The highest BCUT2D eigenvalue weighted by atomic mass is 127. The minimum Gasteiger partial charge on any atom is -0.379 e. The largest absolute Gasteiger partial charge is 0.379 e. The molecule has 8 heteroatoms. The molecule has 132 valence electrons. The predicted octanol–water partition coefficient (Wildman–Crippen LogP) is 1.36. The Bertz CT molecular complexity index is 425. The number of sulfone groups is 1. The van der Waals surface area contributed by atoms with Crippen LogP contribution in [0.4, 0.5) is 0 Å². The van der Waals surface area contributed by atoms with Crippen LogP contribution >= 0.6 is 24.0 Å². The molecule has 6 nitrogen and oxygen atoms in total. The zero-order valence-electron chi connectivity index (χ0n) is 13.9. The number of nitrogens with zero attached hydrogens (tertiary/aromatic N) is 2. The highest BCUT2D eigenvalue weighted by Gasteiger charge is 2.21. The van der Waals surface area contributed by atoms with Gasteiger partial charge in [0.05, 0.1) is 12.4 Å². The normalized spacial score (nSPS) is 15.3. The van der Waals surface area contributed by atoms with Gasteiger partial charge in [-0.25, -0.2) is 8.42 Å². The first-order valence-electron chi connectivity index (χ1n) is 7.67. The van der Waals surface area contributed by atoms with Crippen molar-refractivity contribution in [2.75, 3.05) is 51.9 Å². The Morgan fingerprint density at radius 2 is 2.09 bits per heavy atom. The Morgan fingerprint density at radius 1 is 1.41 bits per heavy atom. The van der Waals surface area contributed by atoms with Crippen LogP contribution in [0.15, 0.2) is 4.99 Å². The lowest BCUT2D eigenvalue weighted by Crippen LogP contribution is -2.40. The van der Waals surface area contributed by atoms with Gasteiger partial charge in [-0.15, -0.1) is 24.0 Å². The van der Waals surface area contributed by atoms with Gasteiger partial charge in [0.25, 0.3) is 0 Å². The summed E-state index contributed by atoms with van der Waals surface area (Å²) in [6.07, 6.45) is 4.42. The molecular weight excluding hydrogens is 417 g/mol. The molecule has 1 aliphatic carbocycles. The van der Waals surface area contributed by atoms with E-state index in [0.717, 1.165) is 31.6 Å². The summed E-state index contributed by atoms with van der Waals surface area (Å²) < 4.78 is 27.8. The molecular formula is C14H30IN3O3S. The van der Waals surface area contributed by atoms with Crippen molar-refractivity contribution in [3.63, 3.8) is 0 Å². The van der Waals surface area contributed by atoms with Gasteiger partial charge in [-0.1, -0.05) is 0 Å². The van der Waals surface area contributed by atoms with Crippen LogP contribution in [0.25, 0.3) is 0 Å². The number of nitrogens with one attached hydrogen (secondary N) is 1. The van der Waals surface area contributed by atoms with Gasteiger partial charge < -0.3 is 15.0 Å². The average molecular weight is 447 g/mol. The van der Waals surface area contributed by atoms with Crippen molar-refractivity contribution in [1.82, 2.24) is 10.2 Å². The van der Waals surface area contributed by atoms with Crippen molar-refractivity contribution in [2.24, 2.45) is 10.9 Å². The maximum absolute atomic E-state index is 11.1. The lowest BCUT2D eigenvalue weighted by molar-refractivity contribution is 0.115. The standard InChI is InChI=1S/C14H29N3O3S.HI/c1-4-15-14(16-8-5-11-21(3,18)19)17(2)9-10-20-12-13-6-7-13;/h13H,4-12H2,1-3H3,(H,15,16);1H. The molecule has 0 aromatic heterocycles. The van der Waals surface area contributed by atoms with Gasteiger partial charge >= 0.3 is 0 Å². The third-order valence-corrected chi connectivity index (χ3v) is 4.28. The Labute approximate surface area is 152 Å². The molecule has 0 radical (unpaired) electrons. The van der Waals surface area contributed by atoms with E-state index < -0.39 is 9.84 Å². The molecule has 0 spiro atoms. The van der Waals surface area contributed by atoms with Crippen molar-refractivity contribution in [1.29, 1.82) is 0 Å². The molecule has 0 aliphatic heterocycles.